The lowest BCUT2D eigenvalue weighted by atomic mass is 10.1. The van der Waals surface area contributed by atoms with Gasteiger partial charge in [0.05, 0.1) is 11.7 Å². The van der Waals surface area contributed by atoms with Crippen LogP contribution in [0.15, 0.2) is 46.9 Å². The molecular formula is C19H22N6O2S. The van der Waals surface area contributed by atoms with Crippen molar-refractivity contribution in [3.05, 3.63) is 64.1 Å². The number of thioether (sulfide) groups is 1. The Balaban J connectivity index is 1.58. The number of amides is 1. The molecule has 0 fully saturated rings. The van der Waals surface area contributed by atoms with Crippen molar-refractivity contribution < 1.29 is 4.79 Å². The molecule has 1 amide bonds. The highest BCUT2D eigenvalue weighted by atomic mass is 32.2. The molecule has 1 aromatic carbocycles. The number of hydrogen-bond donors (Lipinski definition) is 2. The third kappa shape index (κ3) is 4.66. The summed E-state index contributed by atoms with van der Waals surface area (Å²) in [4.78, 5) is 35.5. The Bertz CT molecular complexity index is 998. The standard InChI is InChI=1S/C19H22N6O2S/c1-12(14-4-6-15(7-5-14)25-11-20-10-21-25)22-17(26)9-8-16-13(2)23-19(28-3)24-18(16)27/h4-7,10-12H,8-9H2,1-3H3,(H,22,26)(H,23,24,27). The molecule has 28 heavy (non-hydrogen) atoms. The fraction of sp³-hybridized carbons (Fsp3) is 0.316. The molecule has 0 saturated heterocycles. The van der Waals surface area contributed by atoms with Crippen molar-refractivity contribution in [2.24, 2.45) is 0 Å². The third-order valence-corrected chi connectivity index (χ3v) is 5.03. The molecule has 9 heteroatoms. The zero-order chi connectivity index (χ0) is 20.1. The van der Waals surface area contributed by atoms with Gasteiger partial charge in [-0.15, -0.1) is 0 Å². The van der Waals surface area contributed by atoms with E-state index < -0.39 is 0 Å². The van der Waals surface area contributed by atoms with Gasteiger partial charge in [-0.1, -0.05) is 23.9 Å². The van der Waals surface area contributed by atoms with Crippen molar-refractivity contribution in [1.29, 1.82) is 0 Å². The Morgan fingerprint density at radius 1 is 1.32 bits per heavy atom. The van der Waals surface area contributed by atoms with Crippen molar-refractivity contribution in [3.8, 4) is 5.69 Å². The second-order valence-corrected chi connectivity index (χ2v) is 7.15. The topological polar surface area (TPSA) is 106 Å². The van der Waals surface area contributed by atoms with Crippen LogP contribution < -0.4 is 10.9 Å². The van der Waals surface area contributed by atoms with Gasteiger partial charge in [-0.2, -0.15) is 5.10 Å². The number of carbonyl (C=O) groups excluding carboxylic acids is 1. The summed E-state index contributed by atoms with van der Waals surface area (Å²) in [5.41, 5.74) is 2.92. The lowest BCUT2D eigenvalue weighted by Gasteiger charge is -2.15. The highest BCUT2D eigenvalue weighted by Gasteiger charge is 2.13. The first kappa shape index (κ1) is 19.8. The van der Waals surface area contributed by atoms with Crippen molar-refractivity contribution in [2.75, 3.05) is 6.26 Å². The van der Waals surface area contributed by atoms with Gasteiger partial charge in [0.25, 0.3) is 5.56 Å². The van der Waals surface area contributed by atoms with Crippen LogP contribution in [0.2, 0.25) is 0 Å². The number of carbonyl (C=O) groups is 1. The first-order valence-corrected chi connectivity index (χ1v) is 10.1. The largest absolute Gasteiger partial charge is 0.350 e. The number of H-pyrrole nitrogens is 1. The Morgan fingerprint density at radius 2 is 2.07 bits per heavy atom. The van der Waals surface area contributed by atoms with Gasteiger partial charge in [-0.3, -0.25) is 9.59 Å². The van der Waals surface area contributed by atoms with Gasteiger partial charge in [-0.25, -0.2) is 14.6 Å². The van der Waals surface area contributed by atoms with E-state index in [1.807, 2.05) is 37.4 Å². The number of hydrogen-bond acceptors (Lipinski definition) is 6. The Kier molecular flexibility index (Phi) is 6.25. The van der Waals surface area contributed by atoms with Crippen LogP contribution in [-0.4, -0.2) is 36.9 Å². The average Bonchev–Trinajstić information content (AvgIpc) is 3.22. The minimum Gasteiger partial charge on any atom is -0.350 e. The third-order valence-electron chi connectivity index (χ3n) is 4.45. The predicted octanol–water partition coefficient (Wildman–Crippen LogP) is 2.19. The lowest BCUT2D eigenvalue weighted by molar-refractivity contribution is -0.121. The monoisotopic (exact) mass is 398 g/mol. The quantitative estimate of drug-likeness (QED) is 0.467. The van der Waals surface area contributed by atoms with Crippen LogP contribution in [0.3, 0.4) is 0 Å². The van der Waals surface area contributed by atoms with Gasteiger partial charge in [0.15, 0.2) is 5.16 Å². The molecule has 0 aliphatic carbocycles. The number of rotatable bonds is 7. The molecule has 146 valence electrons. The van der Waals surface area contributed by atoms with Crippen molar-refractivity contribution in [1.82, 2.24) is 30.0 Å². The fourth-order valence-corrected chi connectivity index (χ4v) is 3.29. The van der Waals surface area contributed by atoms with E-state index in [-0.39, 0.29) is 23.9 Å². The molecule has 0 saturated carbocycles. The van der Waals surface area contributed by atoms with Crippen molar-refractivity contribution >= 4 is 17.7 Å². The maximum absolute atomic E-state index is 12.3. The molecule has 2 heterocycles. The molecule has 0 spiro atoms. The van der Waals surface area contributed by atoms with Crippen molar-refractivity contribution in [2.45, 2.75) is 37.9 Å². The molecule has 2 N–H and O–H groups in total. The van der Waals surface area contributed by atoms with E-state index in [0.717, 1.165) is 11.3 Å². The number of aromatic amines is 1. The van der Waals surface area contributed by atoms with Gasteiger partial charge < -0.3 is 10.3 Å². The number of aromatic nitrogens is 5. The molecule has 0 radical (unpaired) electrons. The van der Waals surface area contributed by atoms with Crippen molar-refractivity contribution in [3.63, 3.8) is 0 Å². The zero-order valence-electron chi connectivity index (χ0n) is 16.0. The van der Waals surface area contributed by atoms with Gasteiger partial charge in [-0.05, 0) is 44.2 Å². The highest BCUT2D eigenvalue weighted by molar-refractivity contribution is 7.98. The SMILES string of the molecule is CSc1nc(C)c(CCC(=O)NC(C)c2ccc(-n3cncn3)cc2)c(=O)[nH]1. The molecule has 3 aromatic rings. The van der Waals surface area contributed by atoms with E-state index in [2.05, 4.69) is 25.4 Å². The number of nitrogens with zero attached hydrogens (tertiary/aromatic N) is 4. The second-order valence-electron chi connectivity index (χ2n) is 6.36. The minimum absolute atomic E-state index is 0.111. The van der Waals surface area contributed by atoms with Crippen LogP contribution in [0, 0.1) is 6.92 Å². The van der Waals surface area contributed by atoms with E-state index in [4.69, 9.17) is 0 Å². The van der Waals surface area contributed by atoms with E-state index in [1.165, 1.54) is 18.1 Å². The molecule has 0 bridgehead atoms. The van der Waals surface area contributed by atoms with Crippen LogP contribution in [-0.2, 0) is 11.2 Å². The summed E-state index contributed by atoms with van der Waals surface area (Å²) in [6.45, 7) is 3.72. The van der Waals surface area contributed by atoms with Crippen LogP contribution >= 0.6 is 11.8 Å². The number of benzene rings is 1. The van der Waals surface area contributed by atoms with Gasteiger partial charge in [0.1, 0.15) is 12.7 Å². The fourth-order valence-electron chi connectivity index (χ4n) is 2.87. The summed E-state index contributed by atoms with van der Waals surface area (Å²) in [7, 11) is 0. The second kappa shape index (κ2) is 8.83. The normalized spacial score (nSPS) is 12.0. The molecule has 8 nitrogen and oxygen atoms in total. The highest BCUT2D eigenvalue weighted by Crippen LogP contribution is 2.16. The molecule has 2 aromatic heterocycles. The van der Waals surface area contributed by atoms with E-state index in [1.54, 1.807) is 17.9 Å². The summed E-state index contributed by atoms with van der Waals surface area (Å²) in [5, 5.41) is 7.64. The summed E-state index contributed by atoms with van der Waals surface area (Å²) in [5.74, 6) is -0.111. The maximum atomic E-state index is 12.3. The summed E-state index contributed by atoms with van der Waals surface area (Å²) in [6, 6.07) is 7.60. The van der Waals surface area contributed by atoms with E-state index in [9.17, 15) is 9.59 Å². The van der Waals surface area contributed by atoms with E-state index >= 15 is 0 Å². The summed E-state index contributed by atoms with van der Waals surface area (Å²) in [6.07, 6.45) is 5.54. The van der Waals surface area contributed by atoms with Gasteiger partial charge in [0, 0.05) is 17.7 Å². The maximum Gasteiger partial charge on any atom is 0.254 e. The first-order valence-electron chi connectivity index (χ1n) is 8.86. The smallest absolute Gasteiger partial charge is 0.254 e. The molecule has 3 rings (SSSR count). The lowest BCUT2D eigenvalue weighted by Crippen LogP contribution is -2.28. The average molecular weight is 398 g/mol. The van der Waals surface area contributed by atoms with Crippen LogP contribution in [0.25, 0.3) is 5.69 Å². The summed E-state index contributed by atoms with van der Waals surface area (Å²) >= 11 is 1.38. The van der Waals surface area contributed by atoms with Crippen LogP contribution in [0.5, 0.6) is 0 Å². The van der Waals surface area contributed by atoms with Gasteiger partial charge >= 0.3 is 0 Å². The Labute approximate surface area is 166 Å². The predicted molar refractivity (Wildman–Crippen MR) is 108 cm³/mol. The van der Waals surface area contributed by atoms with Crippen LogP contribution in [0.1, 0.15) is 36.2 Å². The number of aryl methyl sites for hydroxylation is 1. The van der Waals surface area contributed by atoms with E-state index in [0.29, 0.717) is 22.8 Å². The molecule has 0 aliphatic rings. The molecule has 0 aliphatic heterocycles. The van der Waals surface area contributed by atoms with Gasteiger partial charge in [0.2, 0.25) is 5.91 Å². The first-order chi connectivity index (χ1) is 13.5. The Morgan fingerprint density at radius 3 is 2.68 bits per heavy atom. The summed E-state index contributed by atoms with van der Waals surface area (Å²) < 4.78 is 1.67. The molecular weight excluding hydrogens is 376 g/mol. The Hall–Kier alpha value is -2.94. The molecule has 1 atom stereocenters. The zero-order valence-corrected chi connectivity index (χ0v) is 16.8. The minimum atomic E-state index is -0.179. The number of nitrogens with one attached hydrogen (secondary N) is 2. The molecule has 1 unspecified atom stereocenters. The van der Waals surface area contributed by atoms with Crippen LogP contribution in [0.4, 0.5) is 0 Å².